The molecule has 0 saturated carbocycles. The molecule has 10 rings (SSSR count). The molecule has 0 N–H and O–H groups in total. The van der Waals surface area contributed by atoms with Crippen LogP contribution in [-0.2, 0) is 32.5 Å². The molecule has 0 saturated heterocycles. The summed E-state index contributed by atoms with van der Waals surface area (Å²) in [6.45, 7) is 39.0. The first-order chi connectivity index (χ1) is 33.5. The van der Waals surface area contributed by atoms with Gasteiger partial charge in [-0.15, -0.1) is 22.7 Å². The predicted molar refractivity (Wildman–Crippen MR) is 309 cm³/mol. The molecule has 72 heavy (non-hydrogen) atoms. The van der Waals surface area contributed by atoms with E-state index in [1.165, 1.54) is 54.2 Å². The number of thiophene rings is 2. The first-order valence-corrected chi connectivity index (χ1v) is 26.5. The van der Waals surface area contributed by atoms with Crippen molar-refractivity contribution in [1.82, 2.24) is 34.3 Å². The van der Waals surface area contributed by atoms with Crippen LogP contribution in [0.1, 0.15) is 159 Å². The van der Waals surface area contributed by atoms with Crippen LogP contribution < -0.4 is 0 Å². The number of aromatic nitrogens is 7. The molecule has 0 unspecified atom stereocenters. The van der Waals surface area contributed by atoms with Gasteiger partial charge in [0.05, 0.1) is 16.7 Å². The van der Waals surface area contributed by atoms with Crippen molar-refractivity contribution in [1.29, 1.82) is 0 Å². The topological polar surface area (TPSA) is 94.9 Å². The Morgan fingerprint density at radius 2 is 0.889 bits per heavy atom. The van der Waals surface area contributed by atoms with Crippen molar-refractivity contribution in [2.45, 2.75) is 157 Å². The van der Waals surface area contributed by atoms with Crippen molar-refractivity contribution < 1.29 is 4.42 Å². The largest absolute Gasteiger partial charge is 0.451 e. The fourth-order valence-corrected chi connectivity index (χ4v) is 8.31. The number of benzene rings is 1. The van der Waals surface area contributed by atoms with Gasteiger partial charge in [0.1, 0.15) is 6.26 Å². The molecule has 0 atom stereocenters. The lowest BCUT2D eigenvalue weighted by Crippen LogP contribution is -2.13. The van der Waals surface area contributed by atoms with Gasteiger partial charge in [0.25, 0.3) is 0 Å². The molecule has 9 heterocycles. The molecule has 0 bridgehead atoms. The third-order valence-electron chi connectivity index (χ3n) is 11.4. The summed E-state index contributed by atoms with van der Waals surface area (Å²) in [5, 5.41) is 9.26. The fraction of sp³-hybridized carbons (Fsp3) is 0.387. The van der Waals surface area contributed by atoms with Gasteiger partial charge in [0.2, 0.25) is 0 Å². The summed E-state index contributed by atoms with van der Waals surface area (Å²) >= 11 is 3.52. The highest BCUT2D eigenvalue weighted by atomic mass is 32.1. The summed E-state index contributed by atoms with van der Waals surface area (Å²) in [7, 11) is 0. The summed E-state index contributed by atoms with van der Waals surface area (Å²) in [6.07, 6.45) is 14.7. The highest BCUT2D eigenvalue weighted by Crippen LogP contribution is 2.29. The molecule has 1 aromatic carbocycles. The fourth-order valence-electron chi connectivity index (χ4n) is 6.77. The van der Waals surface area contributed by atoms with Crippen molar-refractivity contribution >= 4 is 59.1 Å². The second kappa shape index (κ2) is 23.6. The summed E-state index contributed by atoms with van der Waals surface area (Å²) in [6, 6.07) is 31.4. The second-order valence-corrected chi connectivity index (χ2v) is 26.1. The quantitative estimate of drug-likeness (QED) is 0.149. The molecular weight excluding hydrogens is 923 g/mol. The van der Waals surface area contributed by atoms with E-state index < -0.39 is 0 Å². The van der Waals surface area contributed by atoms with Gasteiger partial charge in [0.15, 0.2) is 6.39 Å². The monoisotopic (exact) mass is 1000 g/mol. The average molecular weight is 1000 g/mol. The van der Waals surface area contributed by atoms with Crippen molar-refractivity contribution in [3.63, 3.8) is 0 Å². The predicted octanol–water partition coefficient (Wildman–Crippen LogP) is 17.7. The minimum atomic E-state index is 0.118. The lowest BCUT2D eigenvalue weighted by atomic mass is 9.91. The number of hydrogen-bond acceptors (Lipinski definition) is 9. The molecule has 8 nitrogen and oxygen atoms in total. The second-order valence-electron chi connectivity index (χ2n) is 24.2. The number of nitrogens with zero attached hydrogens (tertiary/aromatic N) is 7. The Kier molecular flexibility index (Phi) is 18.6. The van der Waals surface area contributed by atoms with Gasteiger partial charge >= 0.3 is 0 Å². The lowest BCUT2D eigenvalue weighted by Gasteiger charge is -2.17. The van der Waals surface area contributed by atoms with Crippen molar-refractivity contribution in [3.05, 3.63) is 186 Å². The van der Waals surface area contributed by atoms with Crippen LogP contribution in [0.4, 0.5) is 0 Å². The number of pyridine rings is 4. The molecule has 0 aliphatic rings. The van der Waals surface area contributed by atoms with Crippen molar-refractivity contribution in [2.75, 3.05) is 0 Å². The standard InChI is InChI=1S/C13H15N.C11H14N2.2C11H13NS.C9H13N.C7H11NO/c1-13(2,3)12-8-10-6-4-5-7-11(10)9-14-12;1-11(2,3)10-7-9-5-4-6-13(9)8-12-10;1-11(2,3)10-6-9-8(7-12-10)4-5-13-9;1-11(2,3)10-6-8-4-5-13-9(8)7-12-10;1-9(2,3)8-6-4-5-7-10-8;1-7(2,3)6-4-9-5-8-6/h4-9H,1-3H3;4-8H,1-3H3;2*4-7H,1-3H3;4-7H,1-3H3;4-5H,1-3H3. The third-order valence-corrected chi connectivity index (χ3v) is 13.2. The van der Waals surface area contributed by atoms with Crippen LogP contribution in [0.5, 0.6) is 0 Å². The van der Waals surface area contributed by atoms with E-state index in [2.05, 4.69) is 232 Å². The Morgan fingerprint density at radius 1 is 0.389 bits per heavy atom. The van der Waals surface area contributed by atoms with Crippen LogP contribution in [0.2, 0.25) is 0 Å². The molecule has 0 amide bonds. The van der Waals surface area contributed by atoms with Gasteiger partial charge < -0.3 is 8.82 Å². The summed E-state index contributed by atoms with van der Waals surface area (Å²) in [4.78, 5) is 26.1. The average Bonchev–Trinajstić information content (AvgIpc) is 4.16. The maximum absolute atomic E-state index is 4.83. The molecule has 10 aromatic rings. The molecule has 0 aliphatic heterocycles. The van der Waals surface area contributed by atoms with E-state index in [-0.39, 0.29) is 32.5 Å². The van der Waals surface area contributed by atoms with E-state index in [1.54, 1.807) is 28.9 Å². The molecule has 380 valence electrons. The first-order valence-electron chi connectivity index (χ1n) is 24.8. The summed E-state index contributed by atoms with van der Waals surface area (Å²) in [5.41, 5.74) is 8.84. The van der Waals surface area contributed by atoms with E-state index in [9.17, 15) is 0 Å². The molecule has 0 aliphatic carbocycles. The normalized spacial score (nSPS) is 12.0. The zero-order valence-corrected chi connectivity index (χ0v) is 47.9. The van der Waals surface area contributed by atoms with E-state index in [1.807, 2.05) is 66.0 Å². The van der Waals surface area contributed by atoms with Gasteiger partial charge in [-0.3, -0.25) is 19.9 Å². The van der Waals surface area contributed by atoms with Crippen molar-refractivity contribution in [3.8, 4) is 0 Å². The highest BCUT2D eigenvalue weighted by Gasteiger charge is 2.19. The van der Waals surface area contributed by atoms with E-state index >= 15 is 0 Å². The minimum Gasteiger partial charge on any atom is -0.451 e. The zero-order valence-electron chi connectivity index (χ0n) is 46.3. The first kappa shape index (κ1) is 56.8. The van der Waals surface area contributed by atoms with Crippen LogP contribution in [0.25, 0.3) is 36.5 Å². The van der Waals surface area contributed by atoms with Gasteiger partial charge in [-0.2, -0.15) is 0 Å². The third kappa shape index (κ3) is 17.0. The summed E-state index contributed by atoms with van der Waals surface area (Å²) in [5.74, 6) is 0. The summed E-state index contributed by atoms with van der Waals surface area (Å²) < 4.78 is 9.46. The van der Waals surface area contributed by atoms with Gasteiger partial charge in [0, 0.05) is 113 Å². The van der Waals surface area contributed by atoms with Crippen LogP contribution in [-0.4, -0.2) is 34.3 Å². The van der Waals surface area contributed by atoms with E-state index in [0.29, 0.717) is 0 Å². The Hall–Kier alpha value is -6.10. The lowest BCUT2D eigenvalue weighted by molar-refractivity contribution is 0.537. The molecule has 0 radical (unpaired) electrons. The van der Waals surface area contributed by atoms with Gasteiger partial charge in [-0.1, -0.05) is 155 Å². The Bertz CT molecular complexity index is 3000. The van der Waals surface area contributed by atoms with E-state index in [4.69, 9.17) is 4.42 Å². The van der Waals surface area contributed by atoms with Gasteiger partial charge in [-0.05, 0) is 82.2 Å². The van der Waals surface area contributed by atoms with Gasteiger partial charge in [-0.25, -0.2) is 9.97 Å². The minimum absolute atomic E-state index is 0.118. The SMILES string of the molecule is CC(C)(C)c1cc2ccccc2cn1.CC(C)(C)c1cc2cccn2cn1.CC(C)(C)c1cc2ccsc2cn1.CC(C)(C)c1cc2sccc2cn1.CC(C)(C)c1ccccn1.CC(C)(C)c1cocn1. The maximum atomic E-state index is 4.83. The highest BCUT2D eigenvalue weighted by molar-refractivity contribution is 7.17. The Morgan fingerprint density at radius 3 is 1.42 bits per heavy atom. The Balaban J connectivity index is 0.000000161. The smallest absolute Gasteiger partial charge is 0.180 e. The molecule has 0 spiro atoms. The van der Waals surface area contributed by atoms with E-state index in [0.717, 1.165) is 22.8 Å². The number of rotatable bonds is 0. The molecule has 0 fully saturated rings. The number of oxazole rings is 1. The van der Waals surface area contributed by atoms with Crippen LogP contribution in [0.3, 0.4) is 0 Å². The van der Waals surface area contributed by atoms with Crippen LogP contribution in [0, 0.1) is 0 Å². The molecule has 10 heteroatoms. The number of fused-ring (bicyclic) bond motifs is 4. The molecule has 9 aromatic heterocycles. The number of hydrogen-bond donors (Lipinski definition) is 0. The zero-order chi connectivity index (χ0) is 53.1. The van der Waals surface area contributed by atoms with Crippen LogP contribution in [0.15, 0.2) is 156 Å². The van der Waals surface area contributed by atoms with Crippen molar-refractivity contribution in [2.24, 2.45) is 0 Å². The molecular formula is C62H79N7OS2. The maximum Gasteiger partial charge on any atom is 0.180 e. The van der Waals surface area contributed by atoms with Crippen LogP contribution >= 0.6 is 22.7 Å². The Labute approximate surface area is 438 Å².